The standard InChI is InChI=1S/C32H26N6OS2/c39-28(34-23-14-7-10-21-9-1-2-11-22(21)23)17-20-38-30(29(36-31(38)40)25-13-5-6-18-33-25)26-15-8-19-37(26)32-35-24-12-3-4-16-27(24)41-32/h1-16,18-19,29-30H,17,20H2,(H,34,39)(H,36,40). The number of nitrogens with zero attached hydrogens (tertiary/aromatic N) is 4. The summed E-state index contributed by atoms with van der Waals surface area (Å²) in [5.41, 5.74) is 3.69. The van der Waals surface area contributed by atoms with Gasteiger partial charge in [0.1, 0.15) is 0 Å². The van der Waals surface area contributed by atoms with Crippen molar-refractivity contribution in [3.05, 3.63) is 121 Å². The zero-order chi connectivity index (χ0) is 27.8. The SMILES string of the molecule is O=C(CCN1C(=S)NC(c2ccccn2)C1c1cccn1-c1nc2ccccc2s1)Nc1cccc2ccccc12. The summed E-state index contributed by atoms with van der Waals surface area (Å²) in [6.45, 7) is 0.446. The van der Waals surface area contributed by atoms with Crippen molar-refractivity contribution < 1.29 is 4.79 Å². The Morgan fingerprint density at radius 2 is 1.78 bits per heavy atom. The minimum absolute atomic E-state index is 0.0641. The molecule has 7 nitrogen and oxygen atoms in total. The first-order chi connectivity index (χ1) is 20.2. The molecule has 4 heterocycles. The Hall–Kier alpha value is -4.60. The number of nitrogens with one attached hydrogen (secondary N) is 2. The highest BCUT2D eigenvalue weighted by molar-refractivity contribution is 7.80. The van der Waals surface area contributed by atoms with E-state index in [0.717, 1.165) is 43.2 Å². The van der Waals surface area contributed by atoms with Crippen LogP contribution < -0.4 is 10.6 Å². The fourth-order valence-corrected chi connectivity index (χ4v) is 6.81. The van der Waals surface area contributed by atoms with Crippen molar-refractivity contribution in [1.82, 2.24) is 24.8 Å². The monoisotopic (exact) mass is 574 g/mol. The number of amides is 1. The lowest BCUT2D eigenvalue weighted by atomic mass is 10.0. The van der Waals surface area contributed by atoms with Crippen molar-refractivity contribution in [2.45, 2.75) is 18.5 Å². The first kappa shape index (κ1) is 25.4. The molecule has 3 aromatic heterocycles. The predicted octanol–water partition coefficient (Wildman–Crippen LogP) is 6.64. The molecule has 2 N–H and O–H groups in total. The van der Waals surface area contributed by atoms with Gasteiger partial charge >= 0.3 is 0 Å². The topological polar surface area (TPSA) is 75.1 Å². The summed E-state index contributed by atoms with van der Waals surface area (Å²) in [7, 11) is 0. The molecule has 202 valence electrons. The Morgan fingerprint density at radius 3 is 2.66 bits per heavy atom. The molecule has 0 aliphatic carbocycles. The van der Waals surface area contributed by atoms with Crippen molar-refractivity contribution in [3.8, 4) is 5.13 Å². The van der Waals surface area contributed by atoms with Crippen molar-refractivity contribution in [3.63, 3.8) is 0 Å². The molecule has 1 aliphatic heterocycles. The Labute approximate surface area is 246 Å². The zero-order valence-electron chi connectivity index (χ0n) is 22.0. The van der Waals surface area contributed by atoms with Crippen LogP contribution in [0.1, 0.15) is 29.9 Å². The smallest absolute Gasteiger partial charge is 0.226 e. The maximum atomic E-state index is 13.2. The van der Waals surface area contributed by atoms with Gasteiger partial charge in [-0.25, -0.2) is 4.98 Å². The summed E-state index contributed by atoms with van der Waals surface area (Å²) in [6, 6.07) is 31.8. The zero-order valence-corrected chi connectivity index (χ0v) is 23.6. The van der Waals surface area contributed by atoms with Gasteiger partial charge in [0.25, 0.3) is 0 Å². The minimum atomic E-state index is -0.190. The number of thiazole rings is 1. The number of para-hydroxylation sites is 1. The summed E-state index contributed by atoms with van der Waals surface area (Å²) < 4.78 is 3.26. The molecular formula is C32H26N6OS2. The van der Waals surface area contributed by atoms with E-state index in [1.54, 1.807) is 17.5 Å². The normalized spacial score (nSPS) is 16.8. The molecular weight excluding hydrogens is 549 g/mol. The van der Waals surface area contributed by atoms with Crippen LogP contribution in [0.15, 0.2) is 109 Å². The van der Waals surface area contributed by atoms with Gasteiger partial charge in [-0.05, 0) is 60.1 Å². The molecule has 0 saturated carbocycles. The number of anilines is 1. The Bertz CT molecular complexity index is 1840. The first-order valence-electron chi connectivity index (χ1n) is 13.4. The summed E-state index contributed by atoms with van der Waals surface area (Å²) in [5.74, 6) is -0.0641. The average Bonchev–Trinajstić information content (AvgIpc) is 3.73. The van der Waals surface area contributed by atoms with E-state index in [9.17, 15) is 4.79 Å². The highest BCUT2D eigenvalue weighted by atomic mass is 32.1. The highest BCUT2D eigenvalue weighted by Crippen LogP contribution is 2.40. The van der Waals surface area contributed by atoms with Crippen LogP contribution in [0.25, 0.3) is 26.1 Å². The van der Waals surface area contributed by atoms with E-state index in [2.05, 4.69) is 37.2 Å². The Balaban J connectivity index is 1.19. The van der Waals surface area contributed by atoms with E-state index in [4.69, 9.17) is 17.2 Å². The molecule has 2 atom stereocenters. The highest BCUT2D eigenvalue weighted by Gasteiger charge is 2.41. The average molecular weight is 575 g/mol. The number of hydrogen-bond donors (Lipinski definition) is 2. The van der Waals surface area contributed by atoms with E-state index < -0.39 is 0 Å². The van der Waals surface area contributed by atoms with E-state index in [0.29, 0.717) is 11.7 Å². The van der Waals surface area contributed by atoms with Crippen LogP contribution in [-0.4, -0.2) is 37.0 Å². The molecule has 2 unspecified atom stereocenters. The third kappa shape index (κ3) is 4.83. The second-order valence-corrected chi connectivity index (χ2v) is 11.3. The van der Waals surface area contributed by atoms with E-state index in [-0.39, 0.29) is 24.4 Å². The summed E-state index contributed by atoms with van der Waals surface area (Å²) in [4.78, 5) is 24.9. The van der Waals surface area contributed by atoms with Gasteiger partial charge < -0.3 is 15.5 Å². The number of benzene rings is 3. The summed E-state index contributed by atoms with van der Waals surface area (Å²) >= 11 is 7.51. The van der Waals surface area contributed by atoms with Crippen LogP contribution in [-0.2, 0) is 4.79 Å². The van der Waals surface area contributed by atoms with Gasteiger partial charge in [-0.1, -0.05) is 65.9 Å². The minimum Gasteiger partial charge on any atom is -0.352 e. The molecule has 1 saturated heterocycles. The molecule has 3 aromatic carbocycles. The van der Waals surface area contributed by atoms with Crippen LogP contribution in [0.4, 0.5) is 5.69 Å². The molecule has 0 radical (unpaired) electrons. The molecule has 9 heteroatoms. The molecule has 1 fully saturated rings. The Morgan fingerprint density at radius 1 is 0.951 bits per heavy atom. The summed E-state index contributed by atoms with van der Waals surface area (Å²) in [5, 5.41) is 10.2. The van der Waals surface area contributed by atoms with Crippen LogP contribution in [0.3, 0.4) is 0 Å². The predicted molar refractivity (Wildman–Crippen MR) is 168 cm³/mol. The molecule has 0 spiro atoms. The van der Waals surface area contributed by atoms with Crippen LogP contribution in [0.5, 0.6) is 0 Å². The maximum Gasteiger partial charge on any atom is 0.226 e. The third-order valence-corrected chi connectivity index (χ3v) is 8.80. The molecule has 6 aromatic rings. The van der Waals surface area contributed by atoms with Gasteiger partial charge in [0.05, 0.1) is 33.7 Å². The van der Waals surface area contributed by atoms with Crippen molar-refractivity contribution in [2.75, 3.05) is 11.9 Å². The quantitative estimate of drug-likeness (QED) is 0.208. The number of thiocarbonyl (C=S) groups is 1. The van der Waals surface area contributed by atoms with Gasteiger partial charge in [0, 0.05) is 36.4 Å². The lowest BCUT2D eigenvalue weighted by molar-refractivity contribution is -0.116. The van der Waals surface area contributed by atoms with Gasteiger partial charge in [0.2, 0.25) is 5.91 Å². The molecule has 1 aliphatic rings. The van der Waals surface area contributed by atoms with Gasteiger partial charge in [0.15, 0.2) is 10.2 Å². The Kier molecular flexibility index (Phi) is 6.66. The summed E-state index contributed by atoms with van der Waals surface area (Å²) in [6.07, 6.45) is 4.11. The largest absolute Gasteiger partial charge is 0.352 e. The van der Waals surface area contributed by atoms with Crippen LogP contribution in [0.2, 0.25) is 0 Å². The second kappa shape index (κ2) is 10.8. The number of carbonyl (C=O) groups is 1. The fraction of sp³-hybridized carbons (Fsp3) is 0.125. The number of rotatable bonds is 7. The number of hydrogen-bond acceptors (Lipinski definition) is 5. The van der Waals surface area contributed by atoms with Crippen molar-refractivity contribution in [1.29, 1.82) is 0 Å². The van der Waals surface area contributed by atoms with Gasteiger partial charge in [-0.2, -0.15) is 0 Å². The first-order valence-corrected chi connectivity index (χ1v) is 14.7. The number of carbonyl (C=O) groups excluding carboxylic acids is 1. The van der Waals surface area contributed by atoms with Crippen molar-refractivity contribution in [2.24, 2.45) is 0 Å². The van der Waals surface area contributed by atoms with Crippen molar-refractivity contribution >= 4 is 61.3 Å². The lowest BCUT2D eigenvalue weighted by Crippen LogP contribution is -2.33. The second-order valence-electron chi connectivity index (χ2n) is 9.91. The van der Waals surface area contributed by atoms with Gasteiger partial charge in [-0.3, -0.25) is 14.3 Å². The molecule has 1 amide bonds. The van der Waals surface area contributed by atoms with E-state index in [1.165, 1.54) is 0 Å². The van der Waals surface area contributed by atoms with Crippen LogP contribution >= 0.6 is 23.6 Å². The van der Waals surface area contributed by atoms with E-state index >= 15 is 0 Å². The number of aromatic nitrogens is 3. The third-order valence-electron chi connectivity index (χ3n) is 7.41. The van der Waals surface area contributed by atoms with Gasteiger partial charge in [-0.15, -0.1) is 0 Å². The molecule has 0 bridgehead atoms. The van der Waals surface area contributed by atoms with E-state index in [1.807, 2.05) is 91.1 Å². The molecule has 41 heavy (non-hydrogen) atoms. The maximum absolute atomic E-state index is 13.2. The van der Waals surface area contributed by atoms with Crippen LogP contribution in [0, 0.1) is 0 Å². The fourth-order valence-electron chi connectivity index (χ4n) is 5.51. The molecule has 7 rings (SSSR count). The number of pyridine rings is 1. The number of fused-ring (bicyclic) bond motifs is 2. The lowest BCUT2D eigenvalue weighted by Gasteiger charge is -2.28.